The van der Waals surface area contributed by atoms with Crippen LogP contribution in [0, 0.1) is 0 Å². The van der Waals surface area contributed by atoms with E-state index in [-0.39, 0.29) is 30.2 Å². The lowest BCUT2D eigenvalue weighted by Gasteiger charge is -2.09. The molecule has 0 saturated heterocycles. The van der Waals surface area contributed by atoms with Gasteiger partial charge in [-0.2, -0.15) is 0 Å². The van der Waals surface area contributed by atoms with Gasteiger partial charge in [0.15, 0.2) is 0 Å². The monoisotopic (exact) mass is 327 g/mol. The Hall–Kier alpha value is -3.35. The van der Waals surface area contributed by atoms with Gasteiger partial charge in [0, 0.05) is 0 Å². The first-order valence-corrected chi connectivity index (χ1v) is 7.24. The number of hydrogen-bond acceptors (Lipinski definition) is 4. The lowest BCUT2D eigenvalue weighted by Crippen LogP contribution is -2.46. The van der Waals surface area contributed by atoms with Crippen LogP contribution in [0.15, 0.2) is 54.6 Å². The van der Waals surface area contributed by atoms with E-state index in [2.05, 4.69) is 16.2 Å². The lowest BCUT2D eigenvalue weighted by molar-refractivity contribution is -0.126. The van der Waals surface area contributed by atoms with Gasteiger partial charge in [0.25, 0.3) is 11.8 Å². The largest absolute Gasteiger partial charge is 0.507 e. The highest BCUT2D eigenvalue weighted by atomic mass is 16.3. The predicted octanol–water partition coefficient (Wildman–Crippen LogP) is 0.512. The normalized spacial score (nSPS) is 9.83. The summed E-state index contributed by atoms with van der Waals surface area (Å²) in [7, 11) is 0. The van der Waals surface area contributed by atoms with Gasteiger partial charge in [-0.3, -0.25) is 25.2 Å². The average Bonchev–Trinajstić information content (AvgIpc) is 2.59. The van der Waals surface area contributed by atoms with E-state index in [1.54, 1.807) is 12.1 Å². The van der Waals surface area contributed by atoms with Gasteiger partial charge in [0.2, 0.25) is 5.91 Å². The van der Waals surface area contributed by atoms with Crippen molar-refractivity contribution < 1.29 is 19.5 Å². The van der Waals surface area contributed by atoms with Crippen LogP contribution in [0.1, 0.15) is 15.9 Å². The Labute approximate surface area is 138 Å². The third-order valence-corrected chi connectivity index (χ3v) is 3.12. The number of aromatic hydroxyl groups is 1. The number of hydrazine groups is 1. The molecule has 0 aliphatic rings. The summed E-state index contributed by atoms with van der Waals surface area (Å²) in [5.74, 6) is -1.74. The summed E-state index contributed by atoms with van der Waals surface area (Å²) in [6, 6.07) is 15.1. The number of carbonyl (C=O) groups excluding carboxylic acids is 3. The summed E-state index contributed by atoms with van der Waals surface area (Å²) in [6.45, 7) is -0.271. The fourth-order valence-electron chi connectivity index (χ4n) is 1.93. The maximum atomic E-state index is 11.8. The van der Waals surface area contributed by atoms with Crippen LogP contribution in [-0.2, 0) is 16.0 Å². The first-order chi connectivity index (χ1) is 11.6. The molecule has 3 amide bonds. The van der Waals surface area contributed by atoms with Crippen molar-refractivity contribution in [1.82, 2.24) is 16.2 Å². The number of carbonyl (C=O) groups is 3. The lowest BCUT2D eigenvalue weighted by atomic mass is 10.1. The molecule has 0 heterocycles. The van der Waals surface area contributed by atoms with Gasteiger partial charge in [-0.15, -0.1) is 0 Å². The van der Waals surface area contributed by atoms with Crippen LogP contribution in [0.4, 0.5) is 0 Å². The molecule has 0 atom stereocenters. The molecule has 0 aromatic heterocycles. The summed E-state index contributed by atoms with van der Waals surface area (Å²) in [4.78, 5) is 35.1. The molecule has 7 heteroatoms. The fraction of sp³-hybridized carbons (Fsp3) is 0.118. The molecular formula is C17H17N3O4. The van der Waals surface area contributed by atoms with Crippen molar-refractivity contribution in [1.29, 1.82) is 0 Å². The van der Waals surface area contributed by atoms with Crippen molar-refractivity contribution in [2.45, 2.75) is 6.42 Å². The van der Waals surface area contributed by atoms with Crippen LogP contribution in [0.2, 0.25) is 0 Å². The number of para-hydroxylation sites is 1. The van der Waals surface area contributed by atoms with E-state index in [0.717, 1.165) is 5.56 Å². The van der Waals surface area contributed by atoms with E-state index in [4.69, 9.17) is 0 Å². The molecule has 24 heavy (non-hydrogen) atoms. The summed E-state index contributed by atoms with van der Waals surface area (Å²) < 4.78 is 0. The van der Waals surface area contributed by atoms with Gasteiger partial charge in [0.1, 0.15) is 5.75 Å². The van der Waals surface area contributed by atoms with Crippen molar-refractivity contribution in [2.75, 3.05) is 6.54 Å². The molecule has 4 N–H and O–H groups in total. The van der Waals surface area contributed by atoms with Gasteiger partial charge in [-0.05, 0) is 17.7 Å². The zero-order chi connectivity index (χ0) is 17.4. The third-order valence-electron chi connectivity index (χ3n) is 3.12. The second kappa shape index (κ2) is 8.33. The van der Waals surface area contributed by atoms with Crippen LogP contribution >= 0.6 is 0 Å². The Morgan fingerprint density at radius 1 is 0.833 bits per heavy atom. The van der Waals surface area contributed by atoms with E-state index in [1.807, 2.05) is 30.3 Å². The Morgan fingerprint density at radius 2 is 1.50 bits per heavy atom. The van der Waals surface area contributed by atoms with Gasteiger partial charge in [-0.1, -0.05) is 42.5 Å². The zero-order valence-corrected chi connectivity index (χ0v) is 12.8. The Kier molecular flexibility index (Phi) is 5.90. The quantitative estimate of drug-likeness (QED) is 0.600. The van der Waals surface area contributed by atoms with Gasteiger partial charge < -0.3 is 10.4 Å². The van der Waals surface area contributed by atoms with Gasteiger partial charge >= 0.3 is 0 Å². The van der Waals surface area contributed by atoms with Gasteiger partial charge in [0.05, 0.1) is 18.5 Å². The number of phenolic OH excluding ortho intramolecular Hbond substituents is 1. The molecule has 0 saturated carbocycles. The summed E-state index contributed by atoms with van der Waals surface area (Å²) in [5.41, 5.74) is 5.20. The molecule has 0 aliphatic carbocycles. The Balaban J connectivity index is 1.72. The van der Waals surface area contributed by atoms with Crippen LogP contribution < -0.4 is 16.2 Å². The maximum absolute atomic E-state index is 11.8. The van der Waals surface area contributed by atoms with Crippen molar-refractivity contribution in [3.05, 3.63) is 65.7 Å². The smallest absolute Gasteiger partial charge is 0.273 e. The topological polar surface area (TPSA) is 108 Å². The second-order valence-corrected chi connectivity index (χ2v) is 4.96. The molecule has 7 nitrogen and oxygen atoms in total. The summed E-state index contributed by atoms with van der Waals surface area (Å²) in [6.07, 6.45) is 0.165. The summed E-state index contributed by atoms with van der Waals surface area (Å²) in [5, 5.41) is 12.0. The molecular weight excluding hydrogens is 310 g/mol. The van der Waals surface area contributed by atoms with E-state index in [9.17, 15) is 19.5 Å². The first kappa shape index (κ1) is 17.0. The van der Waals surface area contributed by atoms with E-state index < -0.39 is 11.8 Å². The molecule has 0 unspecified atom stereocenters. The van der Waals surface area contributed by atoms with Crippen LogP contribution in [0.5, 0.6) is 5.75 Å². The van der Waals surface area contributed by atoms with Crippen LogP contribution in [0.3, 0.4) is 0 Å². The van der Waals surface area contributed by atoms with Crippen LogP contribution in [0.25, 0.3) is 0 Å². The Bertz CT molecular complexity index is 732. The molecule has 124 valence electrons. The van der Waals surface area contributed by atoms with Crippen molar-refractivity contribution in [3.63, 3.8) is 0 Å². The number of rotatable bonds is 5. The minimum atomic E-state index is -0.655. The zero-order valence-electron chi connectivity index (χ0n) is 12.8. The van der Waals surface area contributed by atoms with Crippen LogP contribution in [-0.4, -0.2) is 29.4 Å². The number of hydrogen-bond donors (Lipinski definition) is 4. The predicted molar refractivity (Wildman–Crippen MR) is 86.9 cm³/mol. The highest BCUT2D eigenvalue weighted by Crippen LogP contribution is 2.14. The van der Waals surface area contributed by atoms with E-state index in [0.29, 0.717) is 0 Å². The second-order valence-electron chi connectivity index (χ2n) is 4.96. The summed E-state index contributed by atoms with van der Waals surface area (Å²) >= 11 is 0. The first-order valence-electron chi connectivity index (χ1n) is 7.24. The highest BCUT2D eigenvalue weighted by Gasteiger charge is 2.11. The number of benzene rings is 2. The molecule has 0 radical (unpaired) electrons. The van der Waals surface area contributed by atoms with Gasteiger partial charge in [-0.25, -0.2) is 0 Å². The number of nitrogens with one attached hydrogen (secondary N) is 3. The number of phenols is 1. The molecule has 2 aromatic carbocycles. The molecule has 0 fully saturated rings. The van der Waals surface area contributed by atoms with E-state index in [1.165, 1.54) is 12.1 Å². The highest BCUT2D eigenvalue weighted by molar-refractivity contribution is 5.98. The van der Waals surface area contributed by atoms with Crippen molar-refractivity contribution in [3.8, 4) is 5.75 Å². The standard InChI is InChI=1S/C17H17N3O4/c21-14-9-5-4-8-13(14)17(24)20-19-16(23)11-18-15(22)10-12-6-2-1-3-7-12/h1-9,21H,10-11H2,(H,18,22)(H,19,23)(H,20,24). The Morgan fingerprint density at radius 3 is 2.21 bits per heavy atom. The molecule has 0 spiro atoms. The molecule has 2 rings (SSSR count). The molecule has 2 aromatic rings. The van der Waals surface area contributed by atoms with Crippen molar-refractivity contribution >= 4 is 17.7 Å². The average molecular weight is 327 g/mol. The SMILES string of the molecule is O=C(Cc1ccccc1)NCC(=O)NNC(=O)c1ccccc1O. The minimum absolute atomic E-state index is 0.0333. The third kappa shape index (κ3) is 5.13. The number of amides is 3. The fourth-order valence-corrected chi connectivity index (χ4v) is 1.93. The van der Waals surface area contributed by atoms with Crippen molar-refractivity contribution in [2.24, 2.45) is 0 Å². The van der Waals surface area contributed by atoms with E-state index >= 15 is 0 Å². The molecule has 0 bridgehead atoms. The minimum Gasteiger partial charge on any atom is -0.507 e. The molecule has 0 aliphatic heterocycles. The maximum Gasteiger partial charge on any atom is 0.273 e.